The van der Waals surface area contributed by atoms with E-state index in [1.165, 1.54) is 13.2 Å². The van der Waals surface area contributed by atoms with Crippen LogP contribution in [-0.4, -0.2) is 37.6 Å². The summed E-state index contributed by atoms with van der Waals surface area (Å²) < 4.78 is 18.8. The fourth-order valence-electron chi connectivity index (χ4n) is 3.12. The van der Waals surface area contributed by atoms with Crippen LogP contribution in [0.3, 0.4) is 0 Å². The van der Waals surface area contributed by atoms with Crippen molar-refractivity contribution in [2.75, 3.05) is 26.7 Å². The highest BCUT2D eigenvalue weighted by Gasteiger charge is 2.29. The number of amides is 1. The number of carbonyl (C=O) groups is 1. The normalized spacial score (nSPS) is 17.4. The van der Waals surface area contributed by atoms with E-state index in [0.29, 0.717) is 23.7 Å². The average molecular weight is 363 g/mol. The summed E-state index contributed by atoms with van der Waals surface area (Å²) in [6.45, 7) is 1.96. The number of piperazine rings is 1. The topological polar surface area (TPSA) is 41.6 Å². The van der Waals surface area contributed by atoms with Crippen molar-refractivity contribution in [2.45, 2.75) is 12.5 Å². The number of nitrogens with one attached hydrogen (secondary N) is 1. The molecule has 0 bridgehead atoms. The van der Waals surface area contributed by atoms with Gasteiger partial charge < -0.3 is 15.0 Å². The Morgan fingerprint density at radius 1 is 1.36 bits per heavy atom. The van der Waals surface area contributed by atoms with Crippen LogP contribution < -0.4 is 10.1 Å². The van der Waals surface area contributed by atoms with E-state index in [1.807, 2.05) is 29.2 Å². The van der Waals surface area contributed by atoms with Crippen molar-refractivity contribution in [3.05, 3.63) is 64.4 Å². The summed E-state index contributed by atoms with van der Waals surface area (Å²) in [5, 5.41) is 3.95. The number of hydrogen-bond donors (Lipinski definition) is 1. The lowest BCUT2D eigenvalue weighted by Crippen LogP contribution is -2.49. The highest BCUT2D eigenvalue weighted by molar-refractivity contribution is 6.31. The zero-order valence-corrected chi connectivity index (χ0v) is 14.7. The smallest absolute Gasteiger partial charge is 0.227 e. The van der Waals surface area contributed by atoms with E-state index in [1.54, 1.807) is 12.1 Å². The van der Waals surface area contributed by atoms with Gasteiger partial charge in [0.15, 0.2) is 11.6 Å². The predicted molar refractivity (Wildman–Crippen MR) is 95.4 cm³/mol. The molecular formula is C19H20ClFN2O2. The summed E-state index contributed by atoms with van der Waals surface area (Å²) in [5.41, 5.74) is 1.55. The van der Waals surface area contributed by atoms with Gasteiger partial charge in [-0.05, 0) is 29.3 Å². The predicted octanol–water partition coefficient (Wildman–Crippen LogP) is 3.20. The number of halogens is 2. The second-order valence-corrected chi connectivity index (χ2v) is 6.38. The van der Waals surface area contributed by atoms with E-state index in [4.69, 9.17) is 16.3 Å². The van der Waals surface area contributed by atoms with Gasteiger partial charge in [0.2, 0.25) is 5.91 Å². The van der Waals surface area contributed by atoms with Crippen LogP contribution in [0.1, 0.15) is 17.2 Å². The quantitative estimate of drug-likeness (QED) is 0.908. The average Bonchev–Trinajstić information content (AvgIpc) is 2.62. The molecule has 0 saturated carbocycles. The number of carbonyl (C=O) groups excluding carboxylic acids is 1. The van der Waals surface area contributed by atoms with E-state index in [0.717, 1.165) is 12.1 Å². The highest BCUT2D eigenvalue weighted by Crippen LogP contribution is 2.29. The Morgan fingerprint density at radius 3 is 2.88 bits per heavy atom. The van der Waals surface area contributed by atoms with Crippen LogP contribution in [0, 0.1) is 5.82 Å². The molecule has 0 aliphatic carbocycles. The van der Waals surface area contributed by atoms with E-state index >= 15 is 0 Å². The molecule has 1 N–H and O–H groups in total. The van der Waals surface area contributed by atoms with Gasteiger partial charge in [0.25, 0.3) is 0 Å². The van der Waals surface area contributed by atoms with Gasteiger partial charge in [0.05, 0.1) is 19.6 Å². The fourth-order valence-corrected chi connectivity index (χ4v) is 3.38. The first-order valence-corrected chi connectivity index (χ1v) is 8.55. The molecule has 3 rings (SSSR count). The molecule has 132 valence electrons. The lowest BCUT2D eigenvalue weighted by atomic mass is 10.0. The van der Waals surface area contributed by atoms with Gasteiger partial charge in [-0.3, -0.25) is 4.79 Å². The van der Waals surface area contributed by atoms with Crippen molar-refractivity contribution in [1.82, 2.24) is 10.2 Å². The molecule has 0 aromatic heterocycles. The van der Waals surface area contributed by atoms with Gasteiger partial charge in [-0.1, -0.05) is 35.9 Å². The van der Waals surface area contributed by atoms with E-state index < -0.39 is 5.82 Å². The van der Waals surface area contributed by atoms with Crippen LogP contribution in [0.2, 0.25) is 5.02 Å². The summed E-state index contributed by atoms with van der Waals surface area (Å²) in [6.07, 6.45) is 0.141. The molecule has 1 aliphatic heterocycles. The highest BCUT2D eigenvalue weighted by atomic mass is 35.5. The number of hydrogen-bond acceptors (Lipinski definition) is 3. The van der Waals surface area contributed by atoms with Crippen molar-refractivity contribution in [2.24, 2.45) is 0 Å². The van der Waals surface area contributed by atoms with Gasteiger partial charge in [-0.2, -0.15) is 0 Å². The molecule has 0 spiro atoms. The fraction of sp³-hybridized carbons (Fsp3) is 0.316. The Labute approximate surface area is 151 Å². The standard InChI is InChI=1S/C19H20ClFN2O2/c1-25-18-7-6-13(10-16(18)21)11-19(24)23-9-8-22-12-17(23)14-4-2-3-5-15(14)20/h2-7,10,17,22H,8-9,11-12H2,1H3. The second kappa shape index (κ2) is 7.85. The molecule has 1 heterocycles. The summed E-state index contributed by atoms with van der Waals surface area (Å²) in [6, 6.07) is 12.0. The molecule has 4 nitrogen and oxygen atoms in total. The van der Waals surface area contributed by atoms with E-state index in [-0.39, 0.29) is 24.1 Å². The third-order valence-corrected chi connectivity index (χ3v) is 4.74. The maximum Gasteiger partial charge on any atom is 0.227 e. The minimum Gasteiger partial charge on any atom is -0.494 e. The summed E-state index contributed by atoms with van der Waals surface area (Å²) in [7, 11) is 1.41. The molecule has 2 aromatic rings. The van der Waals surface area contributed by atoms with Crippen LogP contribution in [0.5, 0.6) is 5.75 Å². The van der Waals surface area contributed by atoms with Crippen molar-refractivity contribution >= 4 is 17.5 Å². The molecule has 1 amide bonds. The Bertz CT molecular complexity index is 769. The lowest BCUT2D eigenvalue weighted by molar-refractivity contribution is -0.133. The Morgan fingerprint density at radius 2 is 2.16 bits per heavy atom. The minimum atomic E-state index is -0.462. The zero-order valence-electron chi connectivity index (χ0n) is 14.0. The first-order valence-electron chi connectivity index (χ1n) is 8.17. The maximum atomic E-state index is 13.9. The molecule has 1 aliphatic rings. The minimum absolute atomic E-state index is 0.0454. The van der Waals surface area contributed by atoms with Gasteiger partial charge >= 0.3 is 0 Å². The molecule has 1 unspecified atom stereocenters. The van der Waals surface area contributed by atoms with E-state index in [9.17, 15) is 9.18 Å². The van der Waals surface area contributed by atoms with Gasteiger partial charge in [0.1, 0.15) is 0 Å². The first kappa shape index (κ1) is 17.7. The van der Waals surface area contributed by atoms with Gasteiger partial charge in [-0.25, -0.2) is 4.39 Å². The van der Waals surface area contributed by atoms with Crippen molar-refractivity contribution in [3.8, 4) is 5.75 Å². The maximum absolute atomic E-state index is 13.9. The van der Waals surface area contributed by atoms with Crippen LogP contribution in [0.15, 0.2) is 42.5 Å². The largest absolute Gasteiger partial charge is 0.494 e. The monoisotopic (exact) mass is 362 g/mol. The second-order valence-electron chi connectivity index (χ2n) is 5.97. The van der Waals surface area contributed by atoms with Gasteiger partial charge in [0, 0.05) is 24.7 Å². The van der Waals surface area contributed by atoms with Crippen LogP contribution in [0.4, 0.5) is 4.39 Å². The number of methoxy groups -OCH3 is 1. The van der Waals surface area contributed by atoms with Crippen molar-refractivity contribution in [1.29, 1.82) is 0 Å². The third-order valence-electron chi connectivity index (χ3n) is 4.40. The molecule has 25 heavy (non-hydrogen) atoms. The third kappa shape index (κ3) is 3.94. The number of rotatable bonds is 4. The number of nitrogens with zero attached hydrogens (tertiary/aromatic N) is 1. The van der Waals surface area contributed by atoms with Crippen LogP contribution in [0.25, 0.3) is 0 Å². The molecule has 1 atom stereocenters. The van der Waals surface area contributed by atoms with Crippen molar-refractivity contribution < 1.29 is 13.9 Å². The number of benzene rings is 2. The first-order chi connectivity index (χ1) is 12.1. The molecule has 2 aromatic carbocycles. The Kier molecular flexibility index (Phi) is 5.56. The summed E-state index contributed by atoms with van der Waals surface area (Å²) in [4.78, 5) is 14.6. The molecule has 6 heteroatoms. The molecule has 0 radical (unpaired) electrons. The zero-order chi connectivity index (χ0) is 17.8. The SMILES string of the molecule is COc1ccc(CC(=O)N2CCNCC2c2ccccc2Cl)cc1F. The Hall–Kier alpha value is -2.11. The molecular weight excluding hydrogens is 343 g/mol. The number of ether oxygens (including phenoxy) is 1. The Balaban J connectivity index is 1.79. The van der Waals surface area contributed by atoms with Gasteiger partial charge in [-0.15, -0.1) is 0 Å². The van der Waals surface area contributed by atoms with Crippen LogP contribution >= 0.6 is 11.6 Å². The summed E-state index contributed by atoms with van der Waals surface area (Å²) in [5.74, 6) is -0.334. The molecule has 1 saturated heterocycles. The van der Waals surface area contributed by atoms with Crippen molar-refractivity contribution in [3.63, 3.8) is 0 Å². The molecule has 1 fully saturated rings. The summed E-state index contributed by atoms with van der Waals surface area (Å²) >= 11 is 6.31. The lowest BCUT2D eigenvalue weighted by Gasteiger charge is -2.37. The van der Waals surface area contributed by atoms with Crippen LogP contribution in [-0.2, 0) is 11.2 Å². The van der Waals surface area contributed by atoms with E-state index in [2.05, 4.69) is 5.32 Å².